The summed E-state index contributed by atoms with van der Waals surface area (Å²) in [5.74, 6) is -1.01. The van der Waals surface area contributed by atoms with Crippen LogP contribution in [0.2, 0.25) is 0 Å². The van der Waals surface area contributed by atoms with E-state index in [-0.39, 0.29) is 18.4 Å². The maximum atomic E-state index is 12.2. The van der Waals surface area contributed by atoms with E-state index in [1.54, 1.807) is 13.8 Å². The topological polar surface area (TPSA) is 92.5 Å². The van der Waals surface area contributed by atoms with E-state index in [0.717, 1.165) is 0 Å². The zero-order valence-electron chi connectivity index (χ0n) is 11.3. The highest BCUT2D eigenvalue weighted by molar-refractivity contribution is 6.06. The number of nitrogens with two attached hydrogens (primary N) is 1. The van der Waals surface area contributed by atoms with Crippen LogP contribution in [0.25, 0.3) is 0 Å². The van der Waals surface area contributed by atoms with Crippen LogP contribution in [0.1, 0.15) is 34.1 Å². The van der Waals surface area contributed by atoms with Crippen molar-refractivity contribution in [2.75, 3.05) is 6.54 Å². The molecule has 102 valence electrons. The molecule has 0 radical (unpaired) electrons. The van der Waals surface area contributed by atoms with E-state index in [9.17, 15) is 14.4 Å². The van der Waals surface area contributed by atoms with Gasteiger partial charge in [0.2, 0.25) is 11.8 Å². The normalized spacial score (nSPS) is 20.9. The molecule has 1 heterocycles. The van der Waals surface area contributed by atoms with E-state index >= 15 is 0 Å². The van der Waals surface area contributed by atoms with Crippen molar-refractivity contribution in [3.05, 3.63) is 0 Å². The van der Waals surface area contributed by atoms with Crippen LogP contribution in [0.3, 0.4) is 0 Å². The number of hydrogen-bond donors (Lipinski definition) is 2. The first-order valence-corrected chi connectivity index (χ1v) is 6.07. The first kappa shape index (κ1) is 14.6. The number of rotatable bonds is 3. The van der Waals surface area contributed by atoms with Gasteiger partial charge < -0.3 is 10.6 Å². The smallest absolute Gasteiger partial charge is 0.252 e. The second kappa shape index (κ2) is 5.06. The lowest BCUT2D eigenvalue weighted by molar-refractivity contribution is -0.156. The van der Waals surface area contributed by atoms with E-state index in [2.05, 4.69) is 5.32 Å². The highest BCUT2D eigenvalue weighted by atomic mass is 16.2. The van der Waals surface area contributed by atoms with Gasteiger partial charge in [0, 0.05) is 0 Å². The summed E-state index contributed by atoms with van der Waals surface area (Å²) >= 11 is 0. The third kappa shape index (κ3) is 2.87. The largest absolute Gasteiger partial charge is 0.320 e. The van der Waals surface area contributed by atoms with Crippen molar-refractivity contribution in [3.63, 3.8) is 0 Å². The number of hydrogen-bond acceptors (Lipinski definition) is 4. The fourth-order valence-corrected chi connectivity index (χ4v) is 1.95. The van der Waals surface area contributed by atoms with E-state index in [1.165, 1.54) is 4.90 Å². The summed E-state index contributed by atoms with van der Waals surface area (Å²) in [6.45, 7) is 7.02. The second-order valence-electron chi connectivity index (χ2n) is 5.60. The maximum Gasteiger partial charge on any atom is 0.252 e. The Hall–Kier alpha value is -1.43. The van der Waals surface area contributed by atoms with Crippen LogP contribution < -0.4 is 11.1 Å². The Kier molecular flexibility index (Phi) is 4.11. The van der Waals surface area contributed by atoms with Crippen molar-refractivity contribution in [1.29, 1.82) is 0 Å². The van der Waals surface area contributed by atoms with Crippen LogP contribution in [0.5, 0.6) is 0 Å². The van der Waals surface area contributed by atoms with Gasteiger partial charge in [0.1, 0.15) is 12.1 Å². The van der Waals surface area contributed by atoms with E-state index in [4.69, 9.17) is 5.73 Å². The van der Waals surface area contributed by atoms with Crippen LogP contribution in [0.4, 0.5) is 0 Å². The minimum absolute atomic E-state index is 0.122. The molecule has 1 rings (SSSR count). The number of nitrogens with zero attached hydrogens (tertiary/aromatic N) is 1. The zero-order chi connectivity index (χ0) is 14.1. The van der Waals surface area contributed by atoms with Crippen molar-refractivity contribution in [3.8, 4) is 0 Å². The Labute approximate surface area is 107 Å². The highest BCUT2D eigenvalue weighted by Gasteiger charge is 2.44. The molecule has 0 unspecified atom stereocenters. The first-order valence-electron chi connectivity index (χ1n) is 6.07. The van der Waals surface area contributed by atoms with Gasteiger partial charge in [0.05, 0.1) is 6.04 Å². The predicted molar refractivity (Wildman–Crippen MR) is 66.4 cm³/mol. The molecule has 0 aromatic carbocycles. The Bertz CT molecular complexity index is 377. The molecule has 0 aromatic rings. The van der Waals surface area contributed by atoms with Gasteiger partial charge in [-0.3, -0.25) is 19.7 Å². The van der Waals surface area contributed by atoms with Crippen molar-refractivity contribution in [2.24, 2.45) is 11.7 Å². The van der Waals surface area contributed by atoms with Crippen LogP contribution >= 0.6 is 0 Å². The molecular weight excluding hydrogens is 234 g/mol. The van der Waals surface area contributed by atoms with Crippen molar-refractivity contribution >= 4 is 17.7 Å². The Morgan fingerprint density at radius 2 is 2.00 bits per heavy atom. The monoisotopic (exact) mass is 255 g/mol. The van der Waals surface area contributed by atoms with Crippen LogP contribution in [-0.2, 0) is 14.4 Å². The van der Waals surface area contributed by atoms with E-state index < -0.39 is 23.4 Å². The third-order valence-electron chi connectivity index (χ3n) is 3.09. The van der Waals surface area contributed by atoms with Gasteiger partial charge in [-0.15, -0.1) is 0 Å². The molecule has 0 aromatic heterocycles. The number of imide groups is 1. The highest BCUT2D eigenvalue weighted by Crippen LogP contribution is 2.20. The summed E-state index contributed by atoms with van der Waals surface area (Å²) in [6, 6.07) is -0.678. The third-order valence-corrected chi connectivity index (χ3v) is 3.09. The van der Waals surface area contributed by atoms with Gasteiger partial charge in [-0.25, -0.2) is 0 Å². The minimum Gasteiger partial charge on any atom is -0.320 e. The SMILES string of the molecule is CC(C)C[C@H](N)C(=O)N1CC(=O)NC(=O)C1(C)C. The quantitative estimate of drug-likeness (QED) is 0.673. The first-order chi connectivity index (χ1) is 8.16. The van der Waals surface area contributed by atoms with Gasteiger partial charge in [0.25, 0.3) is 5.91 Å². The number of nitrogens with one attached hydrogen (secondary N) is 1. The second-order valence-corrected chi connectivity index (χ2v) is 5.60. The summed E-state index contributed by atoms with van der Waals surface area (Å²) in [5, 5.41) is 2.22. The number of carbonyl (C=O) groups is 3. The lowest BCUT2D eigenvalue weighted by atomic mass is 9.95. The van der Waals surface area contributed by atoms with Gasteiger partial charge in [-0.05, 0) is 26.2 Å². The molecule has 0 saturated carbocycles. The van der Waals surface area contributed by atoms with Gasteiger partial charge in [0.15, 0.2) is 0 Å². The molecule has 1 saturated heterocycles. The predicted octanol–water partition coefficient (Wildman–Crippen LogP) is -0.377. The molecule has 3 N–H and O–H groups in total. The number of carbonyl (C=O) groups excluding carboxylic acids is 3. The molecule has 6 heteroatoms. The van der Waals surface area contributed by atoms with Crippen molar-refractivity contribution < 1.29 is 14.4 Å². The van der Waals surface area contributed by atoms with Crippen molar-refractivity contribution in [2.45, 2.75) is 45.7 Å². The molecule has 1 aliphatic rings. The molecule has 0 bridgehead atoms. The maximum absolute atomic E-state index is 12.2. The Morgan fingerprint density at radius 3 is 2.50 bits per heavy atom. The summed E-state index contributed by atoms with van der Waals surface area (Å²) in [7, 11) is 0. The van der Waals surface area contributed by atoms with Gasteiger partial charge in [-0.2, -0.15) is 0 Å². The molecule has 1 aliphatic heterocycles. The molecule has 0 spiro atoms. The summed E-state index contributed by atoms with van der Waals surface area (Å²) in [4.78, 5) is 36.5. The van der Waals surface area contributed by atoms with Gasteiger partial charge >= 0.3 is 0 Å². The van der Waals surface area contributed by atoms with Crippen LogP contribution in [0.15, 0.2) is 0 Å². The molecule has 18 heavy (non-hydrogen) atoms. The Balaban J connectivity index is 2.88. The molecule has 0 aliphatic carbocycles. The summed E-state index contributed by atoms with van der Waals surface area (Å²) < 4.78 is 0. The number of amides is 3. The fraction of sp³-hybridized carbons (Fsp3) is 0.750. The van der Waals surface area contributed by atoms with Crippen molar-refractivity contribution in [1.82, 2.24) is 10.2 Å². The fourth-order valence-electron chi connectivity index (χ4n) is 1.95. The summed E-state index contributed by atoms with van der Waals surface area (Å²) in [5.41, 5.74) is 4.78. The molecular formula is C12H21N3O3. The lowest BCUT2D eigenvalue weighted by Gasteiger charge is -2.41. The number of piperazine rings is 1. The van der Waals surface area contributed by atoms with E-state index in [1.807, 2.05) is 13.8 Å². The van der Waals surface area contributed by atoms with Crippen LogP contribution in [-0.4, -0.2) is 40.7 Å². The van der Waals surface area contributed by atoms with Gasteiger partial charge in [-0.1, -0.05) is 13.8 Å². The molecule has 1 atom stereocenters. The molecule has 3 amide bonds. The lowest BCUT2D eigenvalue weighted by Crippen LogP contribution is -2.67. The van der Waals surface area contributed by atoms with Crippen LogP contribution in [0, 0.1) is 5.92 Å². The molecule has 1 fully saturated rings. The Morgan fingerprint density at radius 1 is 1.44 bits per heavy atom. The summed E-state index contributed by atoms with van der Waals surface area (Å²) in [6.07, 6.45) is 0.529. The average molecular weight is 255 g/mol. The average Bonchev–Trinajstić information content (AvgIpc) is 2.21. The van der Waals surface area contributed by atoms with E-state index in [0.29, 0.717) is 6.42 Å². The minimum atomic E-state index is -1.04. The zero-order valence-corrected chi connectivity index (χ0v) is 11.3. The standard InChI is InChI=1S/C12H21N3O3/c1-7(2)5-8(13)10(17)15-6-9(16)14-11(18)12(15,3)4/h7-8H,5-6,13H2,1-4H3,(H,14,16,18)/t8-/m0/s1. The molecule has 6 nitrogen and oxygen atoms in total.